The molecule has 1 N–H and O–H groups in total. The molecule has 0 saturated heterocycles. The van der Waals surface area contributed by atoms with E-state index in [2.05, 4.69) is 23.7 Å². The number of H-pyrrole nitrogens is 1. The van der Waals surface area contributed by atoms with Gasteiger partial charge >= 0.3 is 11.9 Å². The number of aromatic nitrogens is 1. The molecule has 0 bridgehead atoms. The fourth-order valence-electron chi connectivity index (χ4n) is 3.82. The average Bonchev–Trinajstić information content (AvgIpc) is 3.11. The summed E-state index contributed by atoms with van der Waals surface area (Å²) in [7, 11) is 1.61. The van der Waals surface area contributed by atoms with Crippen molar-refractivity contribution in [2.24, 2.45) is 0 Å². The molecule has 1 aromatic heterocycles. The predicted octanol–water partition coefficient (Wildman–Crippen LogP) is 4.52. The average molecular weight is 453 g/mol. The number of hydrogen-bond acceptors (Lipinski definition) is 6. The zero-order valence-electron chi connectivity index (χ0n) is 19.9. The first-order valence-corrected chi connectivity index (χ1v) is 11.2. The van der Waals surface area contributed by atoms with Gasteiger partial charge in [0.1, 0.15) is 17.6 Å². The Balaban J connectivity index is 1.61. The monoisotopic (exact) mass is 452 g/mol. The molecule has 0 aliphatic carbocycles. The summed E-state index contributed by atoms with van der Waals surface area (Å²) in [6, 6.07) is 12.1. The number of aromatic amines is 1. The summed E-state index contributed by atoms with van der Waals surface area (Å²) >= 11 is 0. The molecule has 176 valence electrons. The minimum atomic E-state index is -0.393. The summed E-state index contributed by atoms with van der Waals surface area (Å²) in [6.07, 6.45) is -0.0981. The zero-order valence-corrected chi connectivity index (χ0v) is 19.9. The van der Waals surface area contributed by atoms with Crippen LogP contribution in [0.5, 0.6) is 11.5 Å². The summed E-state index contributed by atoms with van der Waals surface area (Å²) in [5, 5.41) is 0.931. The van der Waals surface area contributed by atoms with E-state index in [1.54, 1.807) is 31.4 Å². The fraction of sp³-hybridized carbons (Fsp3) is 0.385. The molecule has 3 aromatic rings. The highest BCUT2D eigenvalue weighted by molar-refractivity contribution is 5.91. The Kier molecular flexibility index (Phi) is 8.11. The highest BCUT2D eigenvalue weighted by atomic mass is 16.5. The molecular weight excluding hydrogens is 420 g/mol. The molecule has 1 heterocycles. The van der Waals surface area contributed by atoms with Gasteiger partial charge in [0.2, 0.25) is 0 Å². The molecule has 7 nitrogen and oxygen atoms in total. The minimum absolute atomic E-state index is 0.117. The number of esters is 2. The van der Waals surface area contributed by atoms with Crippen molar-refractivity contribution in [2.45, 2.75) is 40.2 Å². The van der Waals surface area contributed by atoms with Gasteiger partial charge < -0.3 is 24.1 Å². The van der Waals surface area contributed by atoms with Gasteiger partial charge in [-0.15, -0.1) is 0 Å². The normalized spacial score (nSPS) is 12.1. The Morgan fingerprint density at radius 3 is 2.33 bits per heavy atom. The van der Waals surface area contributed by atoms with Crippen LogP contribution in [0.1, 0.15) is 42.4 Å². The Morgan fingerprint density at radius 2 is 1.70 bits per heavy atom. The molecular formula is C26H32N2O5. The topological polar surface area (TPSA) is 80.9 Å². The molecule has 0 saturated carbocycles. The van der Waals surface area contributed by atoms with Crippen LogP contribution < -0.4 is 9.47 Å². The number of carbonyl (C=O) groups excluding carboxylic acids is 2. The molecule has 1 atom stereocenters. The maximum atomic E-state index is 12.6. The number of carbonyl (C=O) groups is 2. The van der Waals surface area contributed by atoms with E-state index in [1.807, 2.05) is 32.0 Å². The van der Waals surface area contributed by atoms with Gasteiger partial charge in [0, 0.05) is 23.1 Å². The van der Waals surface area contributed by atoms with Crippen LogP contribution in [-0.2, 0) is 16.0 Å². The molecule has 0 fully saturated rings. The molecule has 1 unspecified atom stereocenters. The van der Waals surface area contributed by atoms with Crippen molar-refractivity contribution in [3.63, 3.8) is 0 Å². The number of nitrogens with one attached hydrogen (secondary N) is 1. The Labute approximate surface area is 194 Å². The number of nitrogens with zero attached hydrogens (tertiary/aromatic N) is 1. The quantitative estimate of drug-likeness (QED) is 0.360. The van der Waals surface area contributed by atoms with Crippen LogP contribution >= 0.6 is 0 Å². The van der Waals surface area contributed by atoms with Crippen molar-refractivity contribution < 1.29 is 23.8 Å². The first kappa shape index (κ1) is 24.3. The predicted molar refractivity (Wildman–Crippen MR) is 128 cm³/mol. The van der Waals surface area contributed by atoms with E-state index in [1.165, 1.54) is 0 Å². The summed E-state index contributed by atoms with van der Waals surface area (Å²) in [5.41, 5.74) is 3.14. The molecule has 0 aliphatic heterocycles. The van der Waals surface area contributed by atoms with Gasteiger partial charge in [0.25, 0.3) is 0 Å². The molecule has 3 rings (SSSR count). The molecule has 0 amide bonds. The van der Waals surface area contributed by atoms with Crippen LogP contribution in [0.15, 0.2) is 42.5 Å². The second-order valence-electron chi connectivity index (χ2n) is 8.02. The van der Waals surface area contributed by atoms with Gasteiger partial charge in [-0.25, -0.2) is 4.79 Å². The van der Waals surface area contributed by atoms with Gasteiger partial charge in [-0.2, -0.15) is 0 Å². The van der Waals surface area contributed by atoms with Crippen molar-refractivity contribution in [3.05, 3.63) is 59.3 Å². The van der Waals surface area contributed by atoms with Crippen LogP contribution in [0.2, 0.25) is 0 Å². The van der Waals surface area contributed by atoms with Gasteiger partial charge in [0.05, 0.1) is 19.1 Å². The maximum Gasteiger partial charge on any atom is 0.338 e. The lowest BCUT2D eigenvalue weighted by Gasteiger charge is -2.22. The fourth-order valence-corrected chi connectivity index (χ4v) is 3.82. The standard InChI is InChI=1S/C26H32N2O5/c1-6-28(7-2)16-17(3)32-26(30)19-8-10-20(11-9-19)33-25(29)15-22-18(4)27-24-13-12-21(31-5)14-23(22)24/h8-14,17,27H,6-7,15-16H2,1-5H3. The zero-order chi connectivity index (χ0) is 24.0. The highest BCUT2D eigenvalue weighted by Crippen LogP contribution is 2.27. The van der Waals surface area contributed by atoms with Crippen molar-refractivity contribution in [1.82, 2.24) is 9.88 Å². The van der Waals surface area contributed by atoms with E-state index < -0.39 is 5.97 Å². The van der Waals surface area contributed by atoms with Gasteiger partial charge in [0.15, 0.2) is 0 Å². The van der Waals surface area contributed by atoms with E-state index in [9.17, 15) is 9.59 Å². The van der Waals surface area contributed by atoms with Crippen LogP contribution in [0.25, 0.3) is 10.9 Å². The van der Waals surface area contributed by atoms with Gasteiger partial charge in [-0.1, -0.05) is 13.8 Å². The van der Waals surface area contributed by atoms with Crippen molar-refractivity contribution in [2.75, 3.05) is 26.7 Å². The van der Waals surface area contributed by atoms with Crippen LogP contribution in [-0.4, -0.2) is 54.7 Å². The van der Waals surface area contributed by atoms with E-state index >= 15 is 0 Å². The first-order chi connectivity index (χ1) is 15.8. The van der Waals surface area contributed by atoms with Gasteiger partial charge in [-0.3, -0.25) is 4.79 Å². The first-order valence-electron chi connectivity index (χ1n) is 11.2. The van der Waals surface area contributed by atoms with E-state index in [4.69, 9.17) is 14.2 Å². The lowest BCUT2D eigenvalue weighted by Crippen LogP contribution is -2.33. The minimum Gasteiger partial charge on any atom is -0.497 e. The smallest absolute Gasteiger partial charge is 0.338 e. The molecule has 0 aliphatic rings. The van der Waals surface area contributed by atoms with Crippen molar-refractivity contribution in [1.29, 1.82) is 0 Å². The SMILES string of the molecule is CCN(CC)CC(C)OC(=O)c1ccc(OC(=O)Cc2c(C)[nH]c3ccc(OC)cc23)cc1. The lowest BCUT2D eigenvalue weighted by molar-refractivity contribution is -0.133. The molecule has 0 spiro atoms. The number of benzene rings is 2. The Hall–Kier alpha value is -3.32. The number of aryl methyl sites for hydroxylation is 1. The summed E-state index contributed by atoms with van der Waals surface area (Å²) in [5.74, 6) is 0.328. The Morgan fingerprint density at radius 1 is 1.03 bits per heavy atom. The summed E-state index contributed by atoms with van der Waals surface area (Å²) in [6.45, 7) is 10.5. The second-order valence-corrected chi connectivity index (χ2v) is 8.02. The third kappa shape index (κ3) is 6.14. The highest BCUT2D eigenvalue weighted by Gasteiger charge is 2.17. The van der Waals surface area contributed by atoms with Crippen LogP contribution in [0.4, 0.5) is 0 Å². The number of fused-ring (bicyclic) bond motifs is 1. The van der Waals surface area contributed by atoms with E-state index in [0.29, 0.717) is 17.9 Å². The molecule has 0 radical (unpaired) electrons. The molecule has 33 heavy (non-hydrogen) atoms. The van der Waals surface area contributed by atoms with Crippen molar-refractivity contribution >= 4 is 22.8 Å². The maximum absolute atomic E-state index is 12.6. The third-order valence-corrected chi connectivity index (χ3v) is 5.69. The number of ether oxygens (including phenoxy) is 3. The van der Waals surface area contributed by atoms with E-state index in [0.717, 1.165) is 41.0 Å². The Bertz CT molecular complexity index is 1100. The third-order valence-electron chi connectivity index (χ3n) is 5.69. The number of likely N-dealkylation sites (N-methyl/N-ethyl adjacent to an activating group) is 1. The van der Waals surface area contributed by atoms with Crippen LogP contribution in [0, 0.1) is 6.92 Å². The molecule has 2 aromatic carbocycles. The summed E-state index contributed by atoms with van der Waals surface area (Å²) in [4.78, 5) is 30.5. The van der Waals surface area contributed by atoms with Crippen LogP contribution in [0.3, 0.4) is 0 Å². The van der Waals surface area contributed by atoms with E-state index in [-0.39, 0.29) is 18.5 Å². The number of rotatable bonds is 10. The van der Waals surface area contributed by atoms with Gasteiger partial charge in [-0.05, 0) is 75.0 Å². The number of hydrogen-bond donors (Lipinski definition) is 1. The number of methoxy groups -OCH3 is 1. The van der Waals surface area contributed by atoms with Crippen molar-refractivity contribution in [3.8, 4) is 11.5 Å². The second kappa shape index (κ2) is 11.0. The largest absolute Gasteiger partial charge is 0.497 e. The summed E-state index contributed by atoms with van der Waals surface area (Å²) < 4.78 is 16.3. The lowest BCUT2D eigenvalue weighted by atomic mass is 10.1. The molecule has 7 heteroatoms.